The Hall–Kier alpha value is -1.95. The van der Waals surface area contributed by atoms with Gasteiger partial charge in [0.15, 0.2) is 9.84 Å². The number of piperazine rings is 1. The van der Waals surface area contributed by atoms with E-state index in [0.717, 1.165) is 58.4 Å². The highest BCUT2D eigenvalue weighted by Gasteiger charge is 2.39. The van der Waals surface area contributed by atoms with Crippen LogP contribution in [0, 0.1) is 11.3 Å². The molecule has 2 heterocycles. The number of rotatable bonds is 6. The fourth-order valence-corrected chi connectivity index (χ4v) is 7.09. The fourth-order valence-electron chi connectivity index (χ4n) is 5.38. The number of carbonyl (C=O) groups is 1. The van der Waals surface area contributed by atoms with Crippen LogP contribution in [0.15, 0.2) is 24.3 Å². The highest BCUT2D eigenvalue weighted by atomic mass is 32.2. The van der Waals surface area contributed by atoms with Crippen molar-refractivity contribution in [2.75, 3.05) is 44.2 Å². The molecule has 174 valence electrons. The maximum absolute atomic E-state index is 13.4. The second-order valence-electron chi connectivity index (χ2n) is 9.51. The lowest BCUT2D eigenvalue weighted by molar-refractivity contribution is -0.138. The van der Waals surface area contributed by atoms with Crippen molar-refractivity contribution in [1.82, 2.24) is 14.7 Å². The third-order valence-electron chi connectivity index (χ3n) is 7.17. The predicted molar refractivity (Wildman–Crippen MR) is 124 cm³/mol. The Balaban J connectivity index is 1.32. The Morgan fingerprint density at radius 1 is 0.969 bits per heavy atom. The first-order chi connectivity index (χ1) is 15.4. The van der Waals surface area contributed by atoms with E-state index in [1.165, 1.54) is 12.0 Å². The molecule has 4 rings (SSSR count). The third kappa shape index (κ3) is 5.89. The summed E-state index contributed by atoms with van der Waals surface area (Å²) in [5, 5.41) is 8.94. The molecule has 0 N–H and O–H groups in total. The topological polar surface area (TPSA) is 84.7 Å². The summed E-state index contributed by atoms with van der Waals surface area (Å²) in [5.74, 6) is 0.454. The van der Waals surface area contributed by atoms with Crippen molar-refractivity contribution >= 4 is 15.7 Å². The Morgan fingerprint density at radius 2 is 1.62 bits per heavy atom. The highest BCUT2D eigenvalue weighted by Crippen LogP contribution is 2.28. The minimum absolute atomic E-state index is 0.111. The SMILES string of the molecule is N#Cc1ccc(CN2CCN(CC(=O)N(C3CCCCC3)C3CCS(=O)(=O)C3)CC2)cc1. The molecule has 1 aromatic rings. The van der Waals surface area contributed by atoms with E-state index in [2.05, 4.69) is 15.9 Å². The van der Waals surface area contributed by atoms with Crippen LogP contribution in [0.5, 0.6) is 0 Å². The quantitative estimate of drug-likeness (QED) is 0.649. The largest absolute Gasteiger partial charge is 0.335 e. The zero-order valence-electron chi connectivity index (χ0n) is 18.8. The van der Waals surface area contributed by atoms with Gasteiger partial charge in [0.05, 0.1) is 29.7 Å². The van der Waals surface area contributed by atoms with Crippen LogP contribution in [0.25, 0.3) is 0 Å². The first-order valence-corrected chi connectivity index (χ1v) is 13.7. The predicted octanol–water partition coefficient (Wildman–Crippen LogP) is 2.02. The molecule has 1 atom stereocenters. The van der Waals surface area contributed by atoms with Gasteiger partial charge in [-0.1, -0.05) is 31.4 Å². The summed E-state index contributed by atoms with van der Waals surface area (Å²) in [6.45, 7) is 4.70. The summed E-state index contributed by atoms with van der Waals surface area (Å²) < 4.78 is 24.2. The normalized spacial score (nSPS) is 24.8. The molecule has 1 amide bonds. The van der Waals surface area contributed by atoms with Crippen molar-refractivity contribution in [2.45, 2.75) is 57.2 Å². The van der Waals surface area contributed by atoms with Gasteiger partial charge in [0.25, 0.3) is 0 Å². The van der Waals surface area contributed by atoms with E-state index >= 15 is 0 Å². The van der Waals surface area contributed by atoms with E-state index in [1.54, 1.807) is 0 Å². The molecule has 1 aromatic carbocycles. The van der Waals surface area contributed by atoms with Gasteiger partial charge in [0.2, 0.25) is 5.91 Å². The molecule has 1 saturated carbocycles. The van der Waals surface area contributed by atoms with Crippen molar-refractivity contribution in [1.29, 1.82) is 5.26 Å². The van der Waals surface area contributed by atoms with E-state index in [0.29, 0.717) is 18.5 Å². The van der Waals surface area contributed by atoms with Crippen LogP contribution < -0.4 is 0 Å². The number of hydrogen-bond acceptors (Lipinski definition) is 6. The maximum Gasteiger partial charge on any atom is 0.237 e. The zero-order chi connectivity index (χ0) is 22.6. The van der Waals surface area contributed by atoms with Gasteiger partial charge in [-0.3, -0.25) is 14.6 Å². The number of benzene rings is 1. The summed E-state index contributed by atoms with van der Waals surface area (Å²) >= 11 is 0. The molecule has 1 aliphatic carbocycles. The van der Waals surface area contributed by atoms with Crippen LogP contribution in [-0.2, 0) is 21.2 Å². The number of hydrogen-bond donors (Lipinski definition) is 0. The van der Waals surface area contributed by atoms with Gasteiger partial charge in [-0.2, -0.15) is 5.26 Å². The Bertz CT molecular complexity index is 927. The van der Waals surface area contributed by atoms with E-state index in [1.807, 2.05) is 29.2 Å². The fraction of sp³-hybridized carbons (Fsp3) is 0.667. The summed E-state index contributed by atoms with van der Waals surface area (Å²) in [6.07, 6.45) is 6.05. The summed E-state index contributed by atoms with van der Waals surface area (Å²) in [7, 11) is -3.02. The number of amides is 1. The molecular formula is C24H34N4O3S. The molecule has 32 heavy (non-hydrogen) atoms. The molecule has 3 aliphatic rings. The number of sulfone groups is 1. The molecule has 0 radical (unpaired) electrons. The second kappa shape index (κ2) is 10.3. The van der Waals surface area contributed by atoms with Crippen molar-refractivity contribution < 1.29 is 13.2 Å². The van der Waals surface area contributed by atoms with Crippen LogP contribution in [0.3, 0.4) is 0 Å². The van der Waals surface area contributed by atoms with Crippen molar-refractivity contribution in [2.24, 2.45) is 0 Å². The van der Waals surface area contributed by atoms with Gasteiger partial charge in [-0.15, -0.1) is 0 Å². The molecule has 7 nitrogen and oxygen atoms in total. The standard InChI is InChI=1S/C24H34N4O3S/c25-16-20-6-8-21(9-7-20)17-26-11-13-27(14-12-26)18-24(29)28(22-4-2-1-3-5-22)23-10-15-32(30,31)19-23/h6-9,22-23H,1-5,10-15,17-19H2. The summed E-state index contributed by atoms with van der Waals surface area (Å²) in [5.41, 5.74) is 1.87. The van der Waals surface area contributed by atoms with Crippen LogP contribution in [-0.4, -0.2) is 85.3 Å². The van der Waals surface area contributed by atoms with Gasteiger partial charge in [0.1, 0.15) is 0 Å². The Morgan fingerprint density at radius 3 is 2.22 bits per heavy atom. The summed E-state index contributed by atoms with van der Waals surface area (Å²) in [4.78, 5) is 20.0. The lowest BCUT2D eigenvalue weighted by Crippen LogP contribution is -2.54. The molecule has 3 fully saturated rings. The van der Waals surface area contributed by atoms with Gasteiger partial charge >= 0.3 is 0 Å². The second-order valence-corrected chi connectivity index (χ2v) is 11.7. The van der Waals surface area contributed by atoms with Crippen molar-refractivity contribution in [3.63, 3.8) is 0 Å². The van der Waals surface area contributed by atoms with E-state index < -0.39 is 9.84 Å². The molecular weight excluding hydrogens is 424 g/mol. The molecule has 0 spiro atoms. The molecule has 2 aliphatic heterocycles. The first-order valence-electron chi connectivity index (χ1n) is 11.9. The van der Waals surface area contributed by atoms with E-state index in [4.69, 9.17) is 5.26 Å². The van der Waals surface area contributed by atoms with Crippen LogP contribution in [0.2, 0.25) is 0 Å². The van der Waals surface area contributed by atoms with Gasteiger partial charge < -0.3 is 4.90 Å². The van der Waals surface area contributed by atoms with Gasteiger partial charge in [0, 0.05) is 44.8 Å². The Kier molecular flexibility index (Phi) is 7.49. The molecule has 1 unspecified atom stereocenters. The highest BCUT2D eigenvalue weighted by molar-refractivity contribution is 7.91. The number of nitriles is 1. The number of nitrogens with zero attached hydrogens (tertiary/aromatic N) is 4. The molecule has 2 saturated heterocycles. The molecule has 0 aromatic heterocycles. The summed E-state index contributed by atoms with van der Waals surface area (Å²) in [6, 6.07) is 9.93. The molecule has 8 heteroatoms. The van der Waals surface area contributed by atoms with Crippen LogP contribution >= 0.6 is 0 Å². The monoisotopic (exact) mass is 458 g/mol. The van der Waals surface area contributed by atoms with Crippen molar-refractivity contribution in [3.8, 4) is 6.07 Å². The Labute approximate surface area is 191 Å². The average molecular weight is 459 g/mol. The van der Waals surface area contributed by atoms with Gasteiger partial charge in [-0.25, -0.2) is 8.42 Å². The lowest BCUT2D eigenvalue weighted by Gasteiger charge is -2.40. The van der Waals surface area contributed by atoms with Crippen LogP contribution in [0.4, 0.5) is 0 Å². The van der Waals surface area contributed by atoms with E-state index in [9.17, 15) is 13.2 Å². The molecule has 0 bridgehead atoms. The van der Waals surface area contributed by atoms with E-state index in [-0.39, 0.29) is 29.5 Å². The zero-order valence-corrected chi connectivity index (χ0v) is 19.6. The number of carbonyl (C=O) groups excluding carboxylic acids is 1. The smallest absolute Gasteiger partial charge is 0.237 e. The average Bonchev–Trinajstić information content (AvgIpc) is 3.15. The minimum atomic E-state index is -3.02. The minimum Gasteiger partial charge on any atom is -0.335 e. The van der Waals surface area contributed by atoms with Crippen LogP contribution in [0.1, 0.15) is 49.7 Å². The van der Waals surface area contributed by atoms with Gasteiger partial charge in [-0.05, 0) is 37.0 Å². The third-order valence-corrected chi connectivity index (χ3v) is 8.92. The first kappa shape index (κ1) is 23.2. The maximum atomic E-state index is 13.4. The van der Waals surface area contributed by atoms with Crippen molar-refractivity contribution in [3.05, 3.63) is 35.4 Å². The lowest BCUT2D eigenvalue weighted by atomic mass is 9.92.